The van der Waals surface area contributed by atoms with Crippen LogP contribution in [0.4, 0.5) is 11.6 Å². The highest BCUT2D eigenvalue weighted by atomic mass is 35.5. The van der Waals surface area contributed by atoms with Crippen molar-refractivity contribution in [3.8, 4) is 5.95 Å². The molecular formula is C13H12ClN7. The van der Waals surface area contributed by atoms with Gasteiger partial charge in [0.1, 0.15) is 12.7 Å². The van der Waals surface area contributed by atoms with Crippen LogP contribution >= 0.6 is 11.6 Å². The van der Waals surface area contributed by atoms with Gasteiger partial charge >= 0.3 is 0 Å². The summed E-state index contributed by atoms with van der Waals surface area (Å²) in [7, 11) is 0. The van der Waals surface area contributed by atoms with Gasteiger partial charge in [-0.3, -0.25) is 0 Å². The third-order valence-corrected chi connectivity index (χ3v) is 3.00. The van der Waals surface area contributed by atoms with E-state index in [4.69, 9.17) is 11.6 Å². The van der Waals surface area contributed by atoms with Crippen LogP contribution in [0.15, 0.2) is 43.0 Å². The molecule has 3 aromatic rings. The maximum Gasteiger partial charge on any atom is 0.258 e. The molecule has 0 aliphatic heterocycles. The quantitative estimate of drug-likeness (QED) is 0.736. The van der Waals surface area contributed by atoms with Gasteiger partial charge in [-0.1, -0.05) is 18.2 Å². The first-order valence-corrected chi connectivity index (χ1v) is 6.75. The number of aromatic nitrogens is 6. The van der Waals surface area contributed by atoms with Crippen molar-refractivity contribution in [2.24, 2.45) is 0 Å². The Labute approximate surface area is 126 Å². The van der Waals surface area contributed by atoms with Gasteiger partial charge in [0.25, 0.3) is 5.95 Å². The number of nitrogens with zero attached hydrogens (tertiary/aromatic N) is 7. The van der Waals surface area contributed by atoms with E-state index in [2.05, 4.69) is 25.0 Å². The average Bonchev–Trinajstić information content (AvgIpc) is 3.03. The molecule has 0 unspecified atom stereocenters. The Hall–Kier alpha value is -2.54. The Morgan fingerprint density at radius 3 is 2.62 bits per heavy atom. The zero-order chi connectivity index (χ0) is 14.7. The van der Waals surface area contributed by atoms with E-state index in [9.17, 15) is 0 Å². The van der Waals surface area contributed by atoms with Gasteiger partial charge in [0.2, 0.25) is 11.2 Å². The SMILES string of the molecule is CCN(c1ccccc1)c1nc(Cl)nc(-n2cncn2)n1. The van der Waals surface area contributed by atoms with Gasteiger partial charge in [0.05, 0.1) is 0 Å². The number of benzene rings is 1. The molecule has 0 saturated carbocycles. The Balaban J connectivity index is 2.05. The van der Waals surface area contributed by atoms with Crippen LogP contribution in [-0.4, -0.2) is 36.3 Å². The summed E-state index contributed by atoms with van der Waals surface area (Å²) >= 11 is 6.01. The molecule has 2 aromatic heterocycles. The van der Waals surface area contributed by atoms with Gasteiger partial charge in [-0.05, 0) is 30.7 Å². The smallest absolute Gasteiger partial charge is 0.258 e. The van der Waals surface area contributed by atoms with Crippen LogP contribution in [0, 0.1) is 0 Å². The van der Waals surface area contributed by atoms with Crippen molar-refractivity contribution in [1.82, 2.24) is 29.7 Å². The van der Waals surface area contributed by atoms with Crippen molar-refractivity contribution in [3.63, 3.8) is 0 Å². The number of rotatable bonds is 4. The van der Waals surface area contributed by atoms with E-state index in [1.807, 2.05) is 42.2 Å². The monoisotopic (exact) mass is 301 g/mol. The molecule has 3 rings (SSSR count). The molecule has 1 aromatic carbocycles. The largest absolute Gasteiger partial charge is 0.311 e. The Bertz CT molecular complexity index is 715. The van der Waals surface area contributed by atoms with Crippen molar-refractivity contribution in [3.05, 3.63) is 48.3 Å². The Kier molecular flexibility index (Phi) is 3.74. The lowest BCUT2D eigenvalue weighted by Gasteiger charge is -2.20. The molecular weight excluding hydrogens is 290 g/mol. The number of hydrogen-bond donors (Lipinski definition) is 0. The highest BCUT2D eigenvalue weighted by Gasteiger charge is 2.14. The second-order valence-corrected chi connectivity index (χ2v) is 4.46. The summed E-state index contributed by atoms with van der Waals surface area (Å²) in [5.41, 5.74) is 0.979. The molecule has 0 N–H and O–H groups in total. The summed E-state index contributed by atoms with van der Waals surface area (Å²) < 4.78 is 1.44. The molecule has 106 valence electrons. The van der Waals surface area contributed by atoms with E-state index in [-0.39, 0.29) is 5.28 Å². The van der Waals surface area contributed by atoms with Crippen LogP contribution in [0.2, 0.25) is 5.28 Å². The molecule has 0 aliphatic carbocycles. The fourth-order valence-electron chi connectivity index (χ4n) is 1.91. The van der Waals surface area contributed by atoms with Crippen LogP contribution in [0.3, 0.4) is 0 Å². The predicted octanol–water partition coefficient (Wildman–Crippen LogP) is 2.26. The summed E-state index contributed by atoms with van der Waals surface area (Å²) in [4.78, 5) is 18.5. The average molecular weight is 302 g/mol. The van der Waals surface area contributed by atoms with Gasteiger partial charge < -0.3 is 4.90 Å². The topological polar surface area (TPSA) is 72.6 Å². The van der Waals surface area contributed by atoms with E-state index in [0.29, 0.717) is 18.4 Å². The molecule has 0 radical (unpaired) electrons. The third kappa shape index (κ3) is 2.82. The standard InChI is InChI=1S/C13H12ClN7/c1-2-20(10-6-4-3-5-7-10)12-17-11(14)18-13(19-12)21-9-15-8-16-21/h3-9H,2H2,1H3. The normalized spacial score (nSPS) is 10.6. The molecule has 2 heterocycles. The molecule has 21 heavy (non-hydrogen) atoms. The first-order valence-electron chi connectivity index (χ1n) is 6.37. The Morgan fingerprint density at radius 2 is 1.95 bits per heavy atom. The van der Waals surface area contributed by atoms with Gasteiger partial charge in [-0.15, -0.1) is 0 Å². The van der Waals surface area contributed by atoms with Gasteiger partial charge in [-0.2, -0.15) is 24.7 Å². The Morgan fingerprint density at radius 1 is 1.14 bits per heavy atom. The van der Waals surface area contributed by atoms with Crippen LogP contribution < -0.4 is 4.90 Å². The van der Waals surface area contributed by atoms with Gasteiger partial charge in [0.15, 0.2) is 0 Å². The van der Waals surface area contributed by atoms with Crippen molar-refractivity contribution in [2.45, 2.75) is 6.92 Å². The lowest BCUT2D eigenvalue weighted by molar-refractivity contribution is 0.784. The number of hydrogen-bond acceptors (Lipinski definition) is 6. The first kappa shape index (κ1) is 13.4. The minimum atomic E-state index is 0.111. The van der Waals surface area contributed by atoms with E-state index < -0.39 is 0 Å². The van der Waals surface area contributed by atoms with Crippen molar-refractivity contribution in [2.75, 3.05) is 11.4 Å². The maximum absolute atomic E-state index is 6.01. The summed E-state index contributed by atoms with van der Waals surface area (Å²) in [6.45, 7) is 2.71. The molecule has 0 aliphatic rings. The van der Waals surface area contributed by atoms with Gasteiger partial charge in [0, 0.05) is 12.2 Å². The fraction of sp³-hybridized carbons (Fsp3) is 0.154. The van der Waals surface area contributed by atoms with Gasteiger partial charge in [-0.25, -0.2) is 4.98 Å². The van der Waals surface area contributed by atoms with Crippen LogP contribution in [0.5, 0.6) is 0 Å². The number of halogens is 1. The molecule has 0 fully saturated rings. The second-order valence-electron chi connectivity index (χ2n) is 4.12. The zero-order valence-corrected chi connectivity index (χ0v) is 12.0. The summed E-state index contributed by atoms with van der Waals surface area (Å²) in [6.07, 6.45) is 2.92. The number of para-hydroxylation sites is 1. The summed E-state index contributed by atoms with van der Waals surface area (Å²) in [5, 5.41) is 4.11. The molecule has 0 atom stereocenters. The van der Waals surface area contributed by atoms with Crippen LogP contribution in [0.1, 0.15) is 6.92 Å². The van der Waals surface area contributed by atoms with E-state index in [1.54, 1.807) is 0 Å². The molecule has 7 nitrogen and oxygen atoms in total. The lowest BCUT2D eigenvalue weighted by Crippen LogP contribution is -2.20. The van der Waals surface area contributed by atoms with Crippen molar-refractivity contribution >= 4 is 23.2 Å². The highest BCUT2D eigenvalue weighted by Crippen LogP contribution is 2.22. The predicted molar refractivity (Wildman–Crippen MR) is 78.9 cm³/mol. The molecule has 8 heteroatoms. The second kappa shape index (κ2) is 5.84. The highest BCUT2D eigenvalue weighted by molar-refractivity contribution is 6.28. The maximum atomic E-state index is 6.01. The van der Waals surface area contributed by atoms with E-state index in [1.165, 1.54) is 17.3 Å². The van der Waals surface area contributed by atoms with Crippen molar-refractivity contribution < 1.29 is 0 Å². The van der Waals surface area contributed by atoms with Crippen LogP contribution in [0.25, 0.3) is 5.95 Å². The summed E-state index contributed by atoms with van der Waals surface area (Å²) in [6, 6.07) is 9.84. The first-order chi connectivity index (χ1) is 10.3. The van der Waals surface area contributed by atoms with Crippen LogP contribution in [-0.2, 0) is 0 Å². The molecule has 0 bridgehead atoms. The lowest BCUT2D eigenvalue weighted by atomic mass is 10.3. The van der Waals surface area contributed by atoms with E-state index in [0.717, 1.165) is 5.69 Å². The number of anilines is 2. The third-order valence-electron chi connectivity index (χ3n) is 2.83. The molecule has 0 spiro atoms. The van der Waals surface area contributed by atoms with E-state index >= 15 is 0 Å². The molecule has 0 amide bonds. The minimum absolute atomic E-state index is 0.111. The van der Waals surface area contributed by atoms with Crippen molar-refractivity contribution in [1.29, 1.82) is 0 Å². The minimum Gasteiger partial charge on any atom is -0.311 e. The molecule has 0 saturated heterocycles. The summed E-state index contributed by atoms with van der Waals surface area (Å²) in [5.74, 6) is 0.797. The zero-order valence-electron chi connectivity index (χ0n) is 11.3. The fourth-order valence-corrected chi connectivity index (χ4v) is 2.06.